The Morgan fingerprint density at radius 1 is 0.830 bits per heavy atom. The fourth-order valence-corrected chi connectivity index (χ4v) is 4.64. The van der Waals surface area contributed by atoms with E-state index in [0.29, 0.717) is 38.1 Å². The predicted octanol–water partition coefficient (Wildman–Crippen LogP) is 3.92. The van der Waals surface area contributed by atoms with Gasteiger partial charge in [0.25, 0.3) is 5.91 Å². The number of carbonyl (C=O) groups is 4. The Balaban J connectivity index is 1.56. The predicted molar refractivity (Wildman–Crippen MR) is 167 cm³/mol. The molecule has 3 aromatic rings. The zero-order valence-corrected chi connectivity index (χ0v) is 26.0. The van der Waals surface area contributed by atoms with Gasteiger partial charge in [-0.1, -0.05) is 6.92 Å². The highest BCUT2D eigenvalue weighted by molar-refractivity contribution is 6.05. The van der Waals surface area contributed by atoms with Crippen LogP contribution in [0.15, 0.2) is 60.7 Å². The second-order valence-corrected chi connectivity index (χ2v) is 10.6. The van der Waals surface area contributed by atoms with Gasteiger partial charge in [-0.15, -0.1) is 0 Å². The summed E-state index contributed by atoms with van der Waals surface area (Å²) in [4.78, 5) is 54.5. The van der Waals surface area contributed by atoms with E-state index in [2.05, 4.69) is 10.3 Å². The van der Waals surface area contributed by atoms with Crippen molar-refractivity contribution in [3.63, 3.8) is 0 Å². The largest absolute Gasteiger partial charge is 0.439 e. The standard InChI is InChI=1S/C32H35N7O8/c1-4-28(42)37-17-15-23(16-18-37)35-31(43)26-13-14-27(46-24-9-5-21(6-10-24)29(33)38(44)19(2)40)36-32(26)47-25-11-7-22(8-12-25)30(34)39(45)20(3)41/h5-14,23,33-34,44-45H,4,15-18H2,1-3H3,(H,35,43). The molecular formula is C32H35N7O8. The van der Waals surface area contributed by atoms with Gasteiger partial charge >= 0.3 is 0 Å². The number of nitrogens with zero attached hydrogens (tertiary/aromatic N) is 4. The lowest BCUT2D eigenvalue weighted by molar-refractivity contribution is -0.147. The van der Waals surface area contributed by atoms with Crippen LogP contribution in [0.4, 0.5) is 0 Å². The van der Waals surface area contributed by atoms with Crippen molar-refractivity contribution in [2.45, 2.75) is 46.1 Å². The average molecular weight is 646 g/mol. The Hall–Kier alpha value is -5.67. The molecule has 1 saturated heterocycles. The van der Waals surface area contributed by atoms with Crippen LogP contribution in [0, 0.1) is 10.8 Å². The first kappa shape index (κ1) is 34.2. The van der Waals surface area contributed by atoms with Gasteiger partial charge in [0.1, 0.15) is 17.1 Å². The van der Waals surface area contributed by atoms with Gasteiger partial charge in [-0.3, -0.25) is 40.4 Å². The molecule has 0 bridgehead atoms. The van der Waals surface area contributed by atoms with Gasteiger partial charge in [0.15, 0.2) is 11.7 Å². The maximum absolute atomic E-state index is 13.4. The summed E-state index contributed by atoms with van der Waals surface area (Å²) < 4.78 is 11.9. The van der Waals surface area contributed by atoms with E-state index >= 15 is 0 Å². The van der Waals surface area contributed by atoms with Gasteiger partial charge in [0.05, 0.1) is 0 Å². The fraction of sp³-hybridized carbons (Fsp3) is 0.281. The Morgan fingerprint density at radius 3 is 1.79 bits per heavy atom. The number of benzene rings is 2. The third-order valence-corrected chi connectivity index (χ3v) is 7.28. The zero-order valence-electron chi connectivity index (χ0n) is 26.0. The lowest BCUT2D eigenvalue weighted by atomic mass is 10.0. The van der Waals surface area contributed by atoms with Crippen molar-refractivity contribution in [1.29, 1.82) is 10.8 Å². The highest BCUT2D eigenvalue weighted by atomic mass is 16.5. The Kier molecular flexibility index (Phi) is 11.0. The van der Waals surface area contributed by atoms with Gasteiger partial charge < -0.3 is 19.7 Å². The Labute approximate surface area is 270 Å². The Bertz CT molecular complexity index is 1670. The SMILES string of the molecule is CCC(=O)N1CCC(NC(=O)c2ccc(Oc3ccc(C(=N)N(O)C(C)=O)cc3)nc2Oc2ccc(C(=N)N(O)C(C)=O)cc2)CC1. The molecule has 0 atom stereocenters. The van der Waals surface area contributed by atoms with Crippen LogP contribution in [0.2, 0.25) is 0 Å². The van der Waals surface area contributed by atoms with E-state index in [1.165, 1.54) is 60.7 Å². The first-order chi connectivity index (χ1) is 22.4. The highest BCUT2D eigenvalue weighted by Crippen LogP contribution is 2.29. The minimum absolute atomic E-state index is 0.0639. The topological polar surface area (TPSA) is 210 Å². The first-order valence-electron chi connectivity index (χ1n) is 14.7. The van der Waals surface area contributed by atoms with Gasteiger partial charge in [-0.05, 0) is 67.4 Å². The average Bonchev–Trinajstić information content (AvgIpc) is 3.07. The monoisotopic (exact) mass is 645 g/mol. The third kappa shape index (κ3) is 8.53. The molecule has 246 valence electrons. The first-order valence-corrected chi connectivity index (χ1v) is 14.7. The van der Waals surface area contributed by atoms with Crippen LogP contribution >= 0.6 is 0 Å². The number of amides is 4. The number of nitrogens with one attached hydrogen (secondary N) is 3. The van der Waals surface area contributed by atoms with Crippen LogP contribution in [-0.2, 0) is 14.4 Å². The van der Waals surface area contributed by atoms with Crippen molar-refractivity contribution in [3.05, 3.63) is 77.4 Å². The van der Waals surface area contributed by atoms with Crippen LogP contribution in [0.3, 0.4) is 0 Å². The number of hydroxylamine groups is 4. The number of amidine groups is 2. The molecule has 1 aliphatic heterocycles. The molecule has 4 rings (SSSR count). The third-order valence-electron chi connectivity index (χ3n) is 7.28. The maximum atomic E-state index is 13.4. The molecule has 0 saturated carbocycles. The number of aromatic nitrogens is 1. The normalized spacial score (nSPS) is 12.9. The van der Waals surface area contributed by atoms with Crippen molar-refractivity contribution < 1.29 is 39.1 Å². The summed E-state index contributed by atoms with van der Waals surface area (Å²) >= 11 is 0. The number of rotatable bonds is 9. The van der Waals surface area contributed by atoms with Gasteiger partial charge in [-0.25, -0.2) is 0 Å². The van der Waals surface area contributed by atoms with Crippen molar-refractivity contribution in [3.8, 4) is 23.3 Å². The number of hydrogen-bond donors (Lipinski definition) is 5. The molecule has 1 aromatic heterocycles. The van der Waals surface area contributed by atoms with E-state index in [0.717, 1.165) is 13.8 Å². The summed E-state index contributed by atoms with van der Waals surface area (Å²) in [6, 6.07) is 14.6. The number of pyridine rings is 1. The number of hydrogen-bond acceptors (Lipinski definition) is 11. The number of likely N-dealkylation sites (tertiary alicyclic amines) is 1. The summed E-state index contributed by atoms with van der Waals surface area (Å²) in [7, 11) is 0. The molecule has 0 spiro atoms. The maximum Gasteiger partial charge on any atom is 0.257 e. The van der Waals surface area contributed by atoms with Crippen molar-refractivity contribution >= 4 is 35.3 Å². The Morgan fingerprint density at radius 2 is 1.32 bits per heavy atom. The quantitative estimate of drug-likeness (QED) is 0.0987. The smallest absolute Gasteiger partial charge is 0.257 e. The van der Waals surface area contributed by atoms with Gasteiger partial charge in [0.2, 0.25) is 29.5 Å². The summed E-state index contributed by atoms with van der Waals surface area (Å²) in [6.07, 6.45) is 1.60. The molecule has 1 fully saturated rings. The molecule has 15 nitrogen and oxygen atoms in total. The molecule has 2 aromatic carbocycles. The van der Waals surface area contributed by atoms with Crippen molar-refractivity contribution in [1.82, 2.24) is 25.3 Å². The molecule has 2 heterocycles. The van der Waals surface area contributed by atoms with E-state index in [1.807, 2.05) is 6.92 Å². The molecule has 5 N–H and O–H groups in total. The number of piperidine rings is 1. The molecule has 4 amide bonds. The molecule has 0 unspecified atom stereocenters. The van der Waals surface area contributed by atoms with E-state index in [9.17, 15) is 29.6 Å². The lowest BCUT2D eigenvalue weighted by Gasteiger charge is -2.32. The van der Waals surface area contributed by atoms with Gasteiger partial charge in [-0.2, -0.15) is 15.1 Å². The molecular weight excluding hydrogens is 610 g/mol. The van der Waals surface area contributed by atoms with Gasteiger partial charge in [0, 0.05) is 56.6 Å². The minimum atomic E-state index is -0.728. The second-order valence-electron chi connectivity index (χ2n) is 10.6. The summed E-state index contributed by atoms with van der Waals surface area (Å²) in [5, 5.41) is 38.9. The van der Waals surface area contributed by atoms with Crippen LogP contribution in [-0.4, -0.2) is 84.9 Å². The van der Waals surface area contributed by atoms with E-state index < -0.39 is 29.4 Å². The molecule has 47 heavy (non-hydrogen) atoms. The van der Waals surface area contributed by atoms with Crippen LogP contribution in [0.25, 0.3) is 0 Å². The van der Waals surface area contributed by atoms with Crippen LogP contribution in [0.1, 0.15) is 61.5 Å². The number of ether oxygens (including phenoxy) is 2. The molecule has 1 aliphatic rings. The molecule has 15 heteroatoms. The van der Waals surface area contributed by atoms with E-state index in [-0.39, 0.29) is 56.3 Å². The summed E-state index contributed by atoms with van der Waals surface area (Å²) in [5.74, 6) is -2.15. The minimum Gasteiger partial charge on any atom is -0.439 e. The second kappa shape index (κ2) is 15.1. The van der Waals surface area contributed by atoms with Crippen LogP contribution < -0.4 is 14.8 Å². The molecule has 0 aliphatic carbocycles. The lowest BCUT2D eigenvalue weighted by Crippen LogP contribution is -2.46. The van der Waals surface area contributed by atoms with Crippen molar-refractivity contribution in [2.24, 2.45) is 0 Å². The van der Waals surface area contributed by atoms with E-state index in [1.54, 1.807) is 4.90 Å². The summed E-state index contributed by atoms with van der Waals surface area (Å²) in [6.45, 7) is 5.11. The van der Waals surface area contributed by atoms with Crippen LogP contribution in [0.5, 0.6) is 23.3 Å². The highest BCUT2D eigenvalue weighted by Gasteiger charge is 2.25. The molecule has 0 radical (unpaired) electrons. The zero-order chi connectivity index (χ0) is 34.2. The summed E-state index contributed by atoms with van der Waals surface area (Å²) in [5.41, 5.74) is 0.596. The number of carbonyl (C=O) groups excluding carboxylic acids is 4. The van der Waals surface area contributed by atoms with Crippen molar-refractivity contribution in [2.75, 3.05) is 13.1 Å². The van der Waals surface area contributed by atoms with E-state index in [4.69, 9.17) is 20.3 Å². The fourth-order valence-electron chi connectivity index (χ4n) is 4.64.